The van der Waals surface area contributed by atoms with Crippen LogP contribution in [0.4, 0.5) is 0 Å². The van der Waals surface area contributed by atoms with Crippen molar-refractivity contribution < 1.29 is 24.4 Å². The zero-order chi connectivity index (χ0) is 11.1. The molecule has 0 radical (unpaired) electrons. The monoisotopic (exact) mass is 377 g/mol. The van der Waals surface area contributed by atoms with Crippen molar-refractivity contribution in [3.05, 3.63) is 37.7 Å². The molecule has 0 heterocycles. The zero-order valence-electron chi connectivity index (χ0n) is 9.90. The Morgan fingerprint density at radius 1 is 1.19 bits per heavy atom. The van der Waals surface area contributed by atoms with Crippen LogP contribution in [0.2, 0.25) is 0 Å². The van der Waals surface area contributed by atoms with Crippen LogP contribution in [0.3, 0.4) is 0 Å². The third kappa shape index (κ3) is 1.59. The molecule has 0 unspecified atom stereocenters. The number of fused-ring (bicyclic) bond motifs is 3. The maximum absolute atomic E-state index is 2.40. The summed E-state index contributed by atoms with van der Waals surface area (Å²) in [6.07, 6.45) is 7.90. The summed E-state index contributed by atoms with van der Waals surface area (Å²) in [5, 5.41) is 0. The van der Waals surface area contributed by atoms with Crippen molar-refractivity contribution in [1.82, 2.24) is 0 Å². The van der Waals surface area contributed by atoms with Crippen LogP contribution in [-0.4, -0.2) is 0 Å². The van der Waals surface area contributed by atoms with Crippen molar-refractivity contribution in [1.29, 1.82) is 0 Å². The number of allylic oxidation sites excluding steroid dienone is 2. The van der Waals surface area contributed by atoms with Gasteiger partial charge in [0.1, 0.15) is 0 Å². The molecule has 0 aromatic heterocycles. The van der Waals surface area contributed by atoms with Crippen LogP contribution in [0.15, 0.2) is 15.5 Å². The third-order valence-corrected chi connectivity index (χ3v) is 5.62. The van der Waals surface area contributed by atoms with Gasteiger partial charge in [0.25, 0.3) is 0 Å². The molecule has 0 amide bonds. The third-order valence-electron chi connectivity index (χ3n) is 3.90. The number of aryl methyl sites for hydroxylation is 1. The molecule has 81 valence electrons. The van der Waals surface area contributed by atoms with Crippen LogP contribution in [0.25, 0.3) is 5.57 Å². The van der Waals surface area contributed by atoms with E-state index in [4.69, 9.17) is 0 Å². The Hall–Kier alpha value is -0.170. The first-order valence-electron chi connectivity index (χ1n) is 6.39. The van der Waals surface area contributed by atoms with E-state index in [0.717, 1.165) is 0 Å². The normalized spacial score (nSPS) is 17.8. The molecule has 1 aromatic carbocycles. The summed E-state index contributed by atoms with van der Waals surface area (Å²) >= 11 is 1.25. The van der Waals surface area contributed by atoms with Crippen molar-refractivity contribution in [2.45, 2.75) is 45.4 Å². The molecule has 0 saturated heterocycles. The molecular weight excluding hydrogens is 359 g/mol. The molecule has 0 saturated carbocycles. The van der Waals surface area contributed by atoms with E-state index in [2.05, 4.69) is 19.1 Å². The fourth-order valence-electron chi connectivity index (χ4n) is 3.21. The Bertz CT molecular complexity index is 469. The first-order valence-corrected chi connectivity index (χ1v) is 8.18. The Kier molecular flexibility index (Phi) is 2.91. The van der Waals surface area contributed by atoms with E-state index in [0.29, 0.717) is 0 Å². The van der Waals surface area contributed by atoms with Gasteiger partial charge >= 0.3 is 113 Å². The molecule has 0 spiro atoms. The summed E-state index contributed by atoms with van der Waals surface area (Å²) in [6.45, 7) is 2.31. The minimum atomic E-state index is 1.25. The fourth-order valence-corrected chi connectivity index (χ4v) is 4.79. The SMILES string of the molecule is CCCC1=[C]([Hf])Cc2ccc3c(c21)CCC3. The van der Waals surface area contributed by atoms with Gasteiger partial charge in [-0.2, -0.15) is 0 Å². The van der Waals surface area contributed by atoms with Gasteiger partial charge in [0.05, 0.1) is 0 Å². The van der Waals surface area contributed by atoms with Gasteiger partial charge in [0.15, 0.2) is 0 Å². The van der Waals surface area contributed by atoms with E-state index in [1.807, 2.05) is 0 Å². The maximum atomic E-state index is 2.40. The number of benzene rings is 1. The predicted octanol–water partition coefficient (Wildman–Crippen LogP) is 3.79. The van der Waals surface area contributed by atoms with Crippen molar-refractivity contribution in [3.8, 4) is 0 Å². The molecule has 1 aromatic rings. The number of hydrogen-bond donors (Lipinski definition) is 0. The molecule has 2 aliphatic carbocycles. The van der Waals surface area contributed by atoms with Gasteiger partial charge < -0.3 is 0 Å². The Labute approximate surface area is 113 Å². The molecule has 0 atom stereocenters. The van der Waals surface area contributed by atoms with E-state index in [1.54, 1.807) is 31.2 Å². The summed E-state index contributed by atoms with van der Waals surface area (Å²) in [5.41, 5.74) is 8.43. The van der Waals surface area contributed by atoms with Crippen LogP contribution in [0.5, 0.6) is 0 Å². The van der Waals surface area contributed by atoms with Crippen molar-refractivity contribution in [2.24, 2.45) is 0 Å². The average molecular weight is 376 g/mol. The van der Waals surface area contributed by atoms with Gasteiger partial charge in [-0.15, -0.1) is 0 Å². The van der Waals surface area contributed by atoms with Crippen molar-refractivity contribution in [3.63, 3.8) is 0 Å². The number of hydrogen-bond acceptors (Lipinski definition) is 0. The van der Waals surface area contributed by atoms with E-state index >= 15 is 0 Å². The summed E-state index contributed by atoms with van der Waals surface area (Å²) in [4.78, 5) is 0. The molecule has 16 heavy (non-hydrogen) atoms. The summed E-state index contributed by atoms with van der Waals surface area (Å²) < 4.78 is 1.76. The van der Waals surface area contributed by atoms with Crippen LogP contribution >= 0.6 is 0 Å². The predicted molar refractivity (Wildman–Crippen MR) is 64.0 cm³/mol. The molecule has 0 aliphatic heterocycles. The summed E-state index contributed by atoms with van der Waals surface area (Å²) in [6, 6.07) is 4.80. The average Bonchev–Trinajstić information content (AvgIpc) is 2.83. The second-order valence-electron chi connectivity index (χ2n) is 4.97. The molecule has 1 heteroatoms. The Morgan fingerprint density at radius 3 is 2.81 bits per heavy atom. The van der Waals surface area contributed by atoms with E-state index in [-0.39, 0.29) is 0 Å². The Balaban J connectivity index is 2.15. The molecule has 3 rings (SSSR count). The first-order chi connectivity index (χ1) is 7.81. The van der Waals surface area contributed by atoms with Crippen LogP contribution < -0.4 is 0 Å². The topological polar surface area (TPSA) is 0 Å². The molecule has 0 N–H and O–H groups in total. The number of rotatable bonds is 2. The van der Waals surface area contributed by atoms with Gasteiger partial charge in [-0.3, -0.25) is 0 Å². The molecule has 2 aliphatic rings. The van der Waals surface area contributed by atoms with E-state index in [1.165, 1.54) is 62.9 Å². The van der Waals surface area contributed by atoms with Gasteiger partial charge in [-0.1, -0.05) is 0 Å². The zero-order valence-corrected chi connectivity index (χ0v) is 13.5. The van der Waals surface area contributed by atoms with Gasteiger partial charge in [-0.25, -0.2) is 0 Å². The summed E-state index contributed by atoms with van der Waals surface area (Å²) in [7, 11) is 0. The van der Waals surface area contributed by atoms with Crippen LogP contribution in [0.1, 0.15) is 48.4 Å². The Morgan fingerprint density at radius 2 is 2.00 bits per heavy atom. The van der Waals surface area contributed by atoms with Gasteiger partial charge in [0, 0.05) is 0 Å². The van der Waals surface area contributed by atoms with Crippen LogP contribution in [0, 0.1) is 0 Å². The molecule has 0 bridgehead atoms. The van der Waals surface area contributed by atoms with Crippen molar-refractivity contribution >= 4 is 5.57 Å². The molecular formula is C15H17Hf. The summed E-state index contributed by atoms with van der Waals surface area (Å²) in [5.74, 6) is 0. The standard InChI is InChI=1S/C15H17.Hf/c1-2-4-12-9-10-13-8-7-11-5-3-6-14(11)15(12)13;/h7-8H,2-6,10H2,1H3;. The second-order valence-corrected chi connectivity index (χ2v) is 7.14. The van der Waals surface area contributed by atoms with E-state index in [9.17, 15) is 0 Å². The van der Waals surface area contributed by atoms with Gasteiger partial charge in [-0.05, 0) is 0 Å². The molecule has 0 nitrogen and oxygen atoms in total. The van der Waals surface area contributed by atoms with Crippen LogP contribution in [-0.2, 0) is 43.6 Å². The first kappa shape index (κ1) is 11.0. The quantitative estimate of drug-likeness (QED) is 0.690. The van der Waals surface area contributed by atoms with Gasteiger partial charge in [0.2, 0.25) is 0 Å². The second kappa shape index (κ2) is 4.25. The van der Waals surface area contributed by atoms with Crippen molar-refractivity contribution in [2.75, 3.05) is 0 Å². The van der Waals surface area contributed by atoms with E-state index < -0.39 is 0 Å². The minimum absolute atomic E-state index is 1.25. The molecule has 0 fully saturated rings. The fraction of sp³-hybridized carbons (Fsp3) is 0.467.